The Morgan fingerprint density at radius 2 is 1.81 bits per heavy atom. The highest BCUT2D eigenvalue weighted by molar-refractivity contribution is 8.00. The topological polar surface area (TPSA) is 128 Å². The number of aliphatic imine (C=N–C) groups is 1. The zero-order valence-electron chi connectivity index (χ0n) is 23.4. The van der Waals surface area contributed by atoms with Gasteiger partial charge in [0.1, 0.15) is 37.6 Å². The summed E-state index contributed by atoms with van der Waals surface area (Å²) in [5, 5.41) is 2.91. The third-order valence-corrected chi connectivity index (χ3v) is 7.30. The lowest BCUT2D eigenvalue weighted by molar-refractivity contribution is -0.158. The molecule has 0 radical (unpaired) electrons. The predicted molar refractivity (Wildman–Crippen MR) is 145 cm³/mol. The number of carbonyl (C=O) groups is 3. The van der Waals surface area contributed by atoms with Gasteiger partial charge >= 0.3 is 11.9 Å². The van der Waals surface area contributed by atoms with E-state index < -0.39 is 38.1 Å². The lowest BCUT2D eigenvalue weighted by Gasteiger charge is -2.50. The molecule has 2 atom stereocenters. The van der Waals surface area contributed by atoms with Crippen LogP contribution in [-0.4, -0.2) is 92.4 Å². The predicted octanol–water partition coefficient (Wildman–Crippen LogP) is 2.20. The largest absolute Gasteiger partial charge is 0.461 e. The SMILES string of the molecule is CCOC(CN=C(NC1C(=O)N2C(C(=O)OC(C)(C)C)=C(COC(C)=O)CS[C@@H]12)N[Si](C)(C)C)OCC. The molecule has 1 amide bonds. The second-order valence-electron chi connectivity index (χ2n) is 10.7. The third kappa shape index (κ3) is 9.31. The second-order valence-corrected chi connectivity index (χ2v) is 16.5. The minimum Gasteiger partial charge on any atom is -0.461 e. The van der Waals surface area contributed by atoms with Crippen LogP contribution in [0.4, 0.5) is 0 Å². The van der Waals surface area contributed by atoms with Gasteiger partial charge in [-0.3, -0.25) is 14.5 Å². The van der Waals surface area contributed by atoms with E-state index in [2.05, 4.69) is 34.9 Å². The van der Waals surface area contributed by atoms with Crippen molar-refractivity contribution in [3.63, 3.8) is 0 Å². The Labute approximate surface area is 225 Å². The van der Waals surface area contributed by atoms with E-state index in [-0.39, 0.29) is 30.1 Å². The first-order valence-corrected chi connectivity index (χ1v) is 17.1. The molecule has 2 aliphatic rings. The lowest BCUT2D eigenvalue weighted by Crippen LogP contribution is -2.72. The molecule has 2 N–H and O–H groups in total. The minimum atomic E-state index is -1.83. The summed E-state index contributed by atoms with van der Waals surface area (Å²) in [6.45, 7) is 17.9. The average Bonchev–Trinajstić information content (AvgIpc) is 2.76. The smallest absolute Gasteiger partial charge is 0.355 e. The van der Waals surface area contributed by atoms with E-state index in [1.54, 1.807) is 20.8 Å². The van der Waals surface area contributed by atoms with Crippen LogP contribution in [0, 0.1) is 0 Å². The van der Waals surface area contributed by atoms with Crippen LogP contribution in [0.3, 0.4) is 0 Å². The fourth-order valence-electron chi connectivity index (χ4n) is 3.61. The molecule has 2 rings (SSSR count). The monoisotopic (exact) mass is 558 g/mol. The Morgan fingerprint density at radius 1 is 1.19 bits per heavy atom. The molecule has 1 saturated heterocycles. The molecule has 0 saturated carbocycles. The molecule has 1 fully saturated rings. The number of ether oxygens (including phenoxy) is 4. The van der Waals surface area contributed by atoms with Gasteiger partial charge in [-0.1, -0.05) is 19.6 Å². The van der Waals surface area contributed by atoms with Crippen molar-refractivity contribution in [2.24, 2.45) is 4.99 Å². The number of hydrogen-bond acceptors (Lipinski definition) is 9. The first-order valence-electron chi connectivity index (χ1n) is 12.5. The van der Waals surface area contributed by atoms with Gasteiger partial charge in [-0.05, 0) is 34.6 Å². The fraction of sp³-hybridized carbons (Fsp3) is 0.750. The number of hydrogen-bond donors (Lipinski definition) is 2. The lowest BCUT2D eigenvalue weighted by atomic mass is 10.0. The summed E-state index contributed by atoms with van der Waals surface area (Å²) >= 11 is 1.49. The molecule has 0 spiro atoms. The van der Waals surface area contributed by atoms with Crippen molar-refractivity contribution in [1.82, 2.24) is 15.2 Å². The van der Waals surface area contributed by atoms with Crippen molar-refractivity contribution < 1.29 is 33.3 Å². The van der Waals surface area contributed by atoms with Gasteiger partial charge in [0, 0.05) is 31.5 Å². The highest BCUT2D eigenvalue weighted by atomic mass is 32.2. The number of nitrogens with one attached hydrogen (secondary N) is 2. The number of nitrogens with zero attached hydrogens (tertiary/aromatic N) is 2. The first kappa shape index (κ1) is 31.1. The molecule has 2 aliphatic heterocycles. The van der Waals surface area contributed by atoms with E-state index in [0.717, 1.165) is 0 Å². The van der Waals surface area contributed by atoms with Gasteiger partial charge in [-0.25, -0.2) is 9.79 Å². The summed E-state index contributed by atoms with van der Waals surface area (Å²) < 4.78 is 21.9. The van der Waals surface area contributed by atoms with E-state index in [0.29, 0.717) is 30.5 Å². The van der Waals surface area contributed by atoms with Crippen molar-refractivity contribution in [3.05, 3.63) is 11.3 Å². The molecule has 0 aromatic rings. The van der Waals surface area contributed by atoms with Crippen LogP contribution in [0.15, 0.2) is 16.3 Å². The van der Waals surface area contributed by atoms with Crippen LogP contribution in [0.5, 0.6) is 0 Å². The van der Waals surface area contributed by atoms with E-state index >= 15 is 0 Å². The van der Waals surface area contributed by atoms with Crippen LogP contribution in [-0.2, 0) is 33.3 Å². The van der Waals surface area contributed by atoms with Gasteiger partial charge in [0.05, 0.1) is 6.54 Å². The Hall–Kier alpha value is -2.09. The van der Waals surface area contributed by atoms with Crippen molar-refractivity contribution in [2.45, 2.75) is 84.5 Å². The number of thioether (sulfide) groups is 1. The number of fused-ring (bicyclic) bond motifs is 1. The highest BCUT2D eigenvalue weighted by Crippen LogP contribution is 2.41. The molecule has 0 bridgehead atoms. The maximum Gasteiger partial charge on any atom is 0.355 e. The summed E-state index contributed by atoms with van der Waals surface area (Å²) in [6, 6.07) is -0.599. The summed E-state index contributed by atoms with van der Waals surface area (Å²) in [5.74, 6) is -0.449. The molecular weight excluding hydrogens is 516 g/mol. The van der Waals surface area contributed by atoms with Crippen molar-refractivity contribution in [3.8, 4) is 0 Å². The van der Waals surface area contributed by atoms with Crippen molar-refractivity contribution in [2.75, 3.05) is 32.1 Å². The van der Waals surface area contributed by atoms with Crippen LogP contribution in [0.1, 0.15) is 41.5 Å². The normalized spacial score (nSPS) is 20.4. The molecule has 0 aromatic heterocycles. The highest BCUT2D eigenvalue weighted by Gasteiger charge is 2.54. The fourth-order valence-corrected chi connectivity index (χ4v) is 5.80. The number of rotatable bonds is 11. The molecule has 0 aliphatic carbocycles. The second kappa shape index (κ2) is 13.1. The number of esters is 2. The molecule has 13 heteroatoms. The Bertz CT molecular complexity index is 908. The van der Waals surface area contributed by atoms with Gasteiger partial charge in [0.15, 0.2) is 12.2 Å². The average molecular weight is 559 g/mol. The zero-order chi connectivity index (χ0) is 28.0. The quantitative estimate of drug-likeness (QED) is 0.0973. The van der Waals surface area contributed by atoms with Gasteiger partial charge < -0.3 is 29.2 Å². The Balaban J connectivity index is 2.28. The van der Waals surface area contributed by atoms with E-state index in [1.807, 2.05) is 13.8 Å². The van der Waals surface area contributed by atoms with Crippen LogP contribution < -0.4 is 10.3 Å². The maximum absolute atomic E-state index is 13.4. The van der Waals surface area contributed by atoms with Gasteiger partial charge in [0.2, 0.25) is 0 Å². The zero-order valence-corrected chi connectivity index (χ0v) is 25.2. The summed E-state index contributed by atoms with van der Waals surface area (Å²) in [7, 11) is -1.83. The molecule has 1 unspecified atom stereocenters. The molecular formula is C24H42N4O7SSi. The number of carbonyl (C=O) groups excluding carboxylic acids is 3. The summed E-state index contributed by atoms with van der Waals surface area (Å²) in [4.78, 5) is 47.4. The van der Waals surface area contributed by atoms with Gasteiger partial charge in [-0.15, -0.1) is 11.8 Å². The molecule has 37 heavy (non-hydrogen) atoms. The third-order valence-electron chi connectivity index (χ3n) is 4.98. The van der Waals surface area contributed by atoms with Crippen molar-refractivity contribution >= 4 is 43.8 Å². The summed E-state index contributed by atoms with van der Waals surface area (Å²) in [5.41, 5.74) is -0.0589. The number of amides is 1. The number of β-lactam (4-membered cyclic amide) rings is 1. The van der Waals surface area contributed by atoms with Crippen LogP contribution in [0.2, 0.25) is 19.6 Å². The Morgan fingerprint density at radius 3 is 2.32 bits per heavy atom. The maximum atomic E-state index is 13.4. The Kier molecular flexibility index (Phi) is 11.0. The van der Waals surface area contributed by atoms with Gasteiger partial charge in [0.25, 0.3) is 5.91 Å². The molecule has 0 aromatic carbocycles. The van der Waals surface area contributed by atoms with Crippen molar-refractivity contribution in [1.29, 1.82) is 0 Å². The van der Waals surface area contributed by atoms with Crippen LogP contribution >= 0.6 is 11.8 Å². The summed E-state index contributed by atoms with van der Waals surface area (Å²) in [6.07, 6.45) is -0.488. The van der Waals surface area contributed by atoms with E-state index in [1.165, 1.54) is 23.6 Å². The molecule has 2 heterocycles. The molecule has 11 nitrogen and oxygen atoms in total. The van der Waals surface area contributed by atoms with Gasteiger partial charge in [-0.2, -0.15) is 0 Å². The van der Waals surface area contributed by atoms with Crippen LogP contribution in [0.25, 0.3) is 0 Å². The van der Waals surface area contributed by atoms with E-state index in [4.69, 9.17) is 18.9 Å². The first-order chi connectivity index (χ1) is 17.2. The number of guanidine groups is 1. The minimum absolute atomic E-state index is 0.0777. The standard InChI is InChI=1S/C24H42N4O7SSi/c1-10-32-17(33-11-2)12-25-23(27-37(7,8)9)26-18-20(30)28-19(22(31)35-24(4,5)6)16(13-34-15(3)29)14-36-21(18)28/h17-18,21H,10-14H2,1-9H3,(H2,25,26,27)/t18?,21-/m0/s1. The van der Waals surface area contributed by atoms with E-state index in [9.17, 15) is 14.4 Å². The molecule has 210 valence electrons.